The topological polar surface area (TPSA) is 63.8 Å². The third-order valence-electron chi connectivity index (χ3n) is 3.19. The minimum absolute atomic E-state index is 0.605. The van der Waals surface area contributed by atoms with E-state index in [-0.39, 0.29) is 0 Å². The molecule has 0 saturated carbocycles. The molecule has 4 heteroatoms. The van der Waals surface area contributed by atoms with Crippen LogP contribution in [0.1, 0.15) is 45.6 Å². The van der Waals surface area contributed by atoms with Gasteiger partial charge in [-0.2, -0.15) is 0 Å². The van der Waals surface area contributed by atoms with Crippen LogP contribution in [0.4, 0.5) is 11.6 Å². The molecule has 1 aromatic rings. The van der Waals surface area contributed by atoms with Gasteiger partial charge in [0, 0.05) is 12.1 Å². The molecular formula is C13H24N4. The molecule has 0 aliphatic heterocycles. The number of anilines is 2. The molecule has 0 aromatic carbocycles. The van der Waals surface area contributed by atoms with Crippen molar-refractivity contribution < 1.29 is 0 Å². The van der Waals surface area contributed by atoms with E-state index in [0.717, 1.165) is 30.8 Å². The molecule has 0 saturated heterocycles. The first-order chi connectivity index (χ1) is 8.22. The molecule has 1 rings (SSSR count). The van der Waals surface area contributed by atoms with Gasteiger partial charge in [-0.1, -0.05) is 40.0 Å². The van der Waals surface area contributed by atoms with Gasteiger partial charge in [0.15, 0.2) is 0 Å². The van der Waals surface area contributed by atoms with Crippen LogP contribution in [0, 0.1) is 5.92 Å². The number of nitrogens with two attached hydrogens (primary N) is 1. The van der Waals surface area contributed by atoms with E-state index in [9.17, 15) is 0 Å². The Morgan fingerprint density at radius 1 is 1.24 bits per heavy atom. The Morgan fingerprint density at radius 2 is 1.94 bits per heavy atom. The normalized spacial score (nSPS) is 10.8. The lowest BCUT2D eigenvalue weighted by atomic mass is 10.0. The predicted molar refractivity (Wildman–Crippen MR) is 73.0 cm³/mol. The van der Waals surface area contributed by atoms with Crippen molar-refractivity contribution in [1.29, 1.82) is 0 Å². The van der Waals surface area contributed by atoms with Gasteiger partial charge in [0.1, 0.15) is 18.0 Å². The van der Waals surface area contributed by atoms with Crippen LogP contribution >= 0.6 is 0 Å². The van der Waals surface area contributed by atoms with E-state index < -0.39 is 0 Å². The zero-order chi connectivity index (χ0) is 12.7. The van der Waals surface area contributed by atoms with Crippen molar-refractivity contribution in [3.05, 3.63) is 11.9 Å². The Balaban J connectivity index is 2.72. The molecule has 0 unspecified atom stereocenters. The average molecular weight is 236 g/mol. The molecule has 0 aliphatic rings. The molecule has 0 radical (unpaired) electrons. The second kappa shape index (κ2) is 7.09. The van der Waals surface area contributed by atoms with E-state index in [1.54, 1.807) is 0 Å². The van der Waals surface area contributed by atoms with Gasteiger partial charge < -0.3 is 11.1 Å². The van der Waals surface area contributed by atoms with Crippen LogP contribution in [-0.2, 0) is 6.42 Å². The predicted octanol–water partition coefficient (Wildman–Crippen LogP) is 2.86. The summed E-state index contributed by atoms with van der Waals surface area (Å²) >= 11 is 0. The van der Waals surface area contributed by atoms with Crippen LogP contribution in [0.5, 0.6) is 0 Å². The zero-order valence-electron chi connectivity index (χ0n) is 11.2. The second-order valence-electron chi connectivity index (χ2n) is 4.40. The summed E-state index contributed by atoms with van der Waals surface area (Å²) < 4.78 is 0. The van der Waals surface area contributed by atoms with Crippen LogP contribution in [-0.4, -0.2) is 16.5 Å². The number of nitrogen functional groups attached to an aromatic ring is 1. The van der Waals surface area contributed by atoms with E-state index >= 15 is 0 Å². The Bertz CT molecular complexity index is 334. The van der Waals surface area contributed by atoms with Crippen molar-refractivity contribution in [2.75, 3.05) is 17.6 Å². The van der Waals surface area contributed by atoms with Crippen molar-refractivity contribution in [3.8, 4) is 0 Å². The number of nitrogens with zero attached hydrogens (tertiary/aromatic N) is 2. The highest BCUT2D eigenvalue weighted by Crippen LogP contribution is 2.20. The summed E-state index contributed by atoms with van der Waals surface area (Å²) in [5, 5.41) is 3.41. The number of hydrogen-bond donors (Lipinski definition) is 2. The first-order valence-electron chi connectivity index (χ1n) is 6.56. The lowest BCUT2D eigenvalue weighted by molar-refractivity contribution is 0.518. The Hall–Kier alpha value is -1.32. The molecular weight excluding hydrogens is 212 g/mol. The fourth-order valence-electron chi connectivity index (χ4n) is 1.89. The van der Waals surface area contributed by atoms with Crippen LogP contribution < -0.4 is 11.1 Å². The van der Waals surface area contributed by atoms with Gasteiger partial charge in [-0.05, 0) is 12.3 Å². The minimum atomic E-state index is 0.605. The summed E-state index contributed by atoms with van der Waals surface area (Å²) in [5.41, 5.74) is 6.94. The van der Waals surface area contributed by atoms with E-state index in [0.29, 0.717) is 11.7 Å². The molecule has 0 amide bonds. The number of hydrogen-bond acceptors (Lipinski definition) is 4. The third-order valence-corrected chi connectivity index (χ3v) is 3.19. The summed E-state index contributed by atoms with van der Waals surface area (Å²) in [7, 11) is 0. The molecule has 96 valence electrons. The lowest BCUT2D eigenvalue weighted by Gasteiger charge is -2.16. The SMILES string of the molecule is CCCc1c(N)ncnc1NCC(CC)CC. The summed E-state index contributed by atoms with van der Waals surface area (Å²) in [4.78, 5) is 8.35. The average Bonchev–Trinajstić information content (AvgIpc) is 2.34. The second-order valence-corrected chi connectivity index (χ2v) is 4.40. The third kappa shape index (κ3) is 3.88. The van der Waals surface area contributed by atoms with E-state index in [4.69, 9.17) is 5.73 Å². The molecule has 17 heavy (non-hydrogen) atoms. The van der Waals surface area contributed by atoms with Crippen LogP contribution in [0.25, 0.3) is 0 Å². The summed E-state index contributed by atoms with van der Waals surface area (Å²) in [6.45, 7) is 7.53. The van der Waals surface area contributed by atoms with E-state index in [1.807, 2.05) is 0 Å². The fourth-order valence-corrected chi connectivity index (χ4v) is 1.89. The van der Waals surface area contributed by atoms with Crippen LogP contribution in [0.2, 0.25) is 0 Å². The van der Waals surface area contributed by atoms with Crippen LogP contribution in [0.3, 0.4) is 0 Å². The van der Waals surface area contributed by atoms with Crippen LogP contribution in [0.15, 0.2) is 6.33 Å². The molecule has 0 fully saturated rings. The number of nitrogens with one attached hydrogen (secondary N) is 1. The maximum Gasteiger partial charge on any atom is 0.134 e. The highest BCUT2D eigenvalue weighted by molar-refractivity contribution is 5.54. The van der Waals surface area contributed by atoms with E-state index in [2.05, 4.69) is 36.1 Å². The maximum atomic E-state index is 5.89. The van der Waals surface area contributed by atoms with Gasteiger partial charge in [-0.3, -0.25) is 0 Å². The van der Waals surface area contributed by atoms with Crippen molar-refractivity contribution >= 4 is 11.6 Å². The largest absolute Gasteiger partial charge is 0.383 e. The maximum absolute atomic E-state index is 5.89. The molecule has 4 nitrogen and oxygen atoms in total. The first-order valence-corrected chi connectivity index (χ1v) is 6.56. The summed E-state index contributed by atoms with van der Waals surface area (Å²) in [5.74, 6) is 2.21. The van der Waals surface area contributed by atoms with Crippen molar-refractivity contribution in [3.63, 3.8) is 0 Å². The molecule has 3 N–H and O–H groups in total. The molecule has 0 atom stereocenters. The van der Waals surface area contributed by atoms with Crippen molar-refractivity contribution in [1.82, 2.24) is 9.97 Å². The molecule has 1 aromatic heterocycles. The molecule has 0 aliphatic carbocycles. The molecule has 0 spiro atoms. The minimum Gasteiger partial charge on any atom is -0.383 e. The van der Waals surface area contributed by atoms with Gasteiger partial charge >= 0.3 is 0 Å². The summed E-state index contributed by atoms with van der Waals surface area (Å²) in [6, 6.07) is 0. The first kappa shape index (κ1) is 13.7. The standard InChI is InChI=1S/C13H24N4/c1-4-7-11-12(14)16-9-17-13(11)15-8-10(5-2)6-3/h9-10H,4-8H2,1-3H3,(H3,14,15,16,17). The van der Waals surface area contributed by atoms with Gasteiger partial charge in [0.25, 0.3) is 0 Å². The smallest absolute Gasteiger partial charge is 0.134 e. The van der Waals surface area contributed by atoms with Gasteiger partial charge in [-0.25, -0.2) is 9.97 Å². The summed E-state index contributed by atoms with van der Waals surface area (Å²) in [6.07, 6.45) is 5.89. The highest BCUT2D eigenvalue weighted by Gasteiger charge is 2.09. The number of aromatic nitrogens is 2. The fraction of sp³-hybridized carbons (Fsp3) is 0.692. The molecule has 1 heterocycles. The Labute approximate surface area is 104 Å². The zero-order valence-corrected chi connectivity index (χ0v) is 11.2. The van der Waals surface area contributed by atoms with E-state index in [1.165, 1.54) is 19.2 Å². The Kier molecular flexibility index (Phi) is 5.73. The van der Waals surface area contributed by atoms with Crippen molar-refractivity contribution in [2.45, 2.75) is 46.5 Å². The van der Waals surface area contributed by atoms with Crippen molar-refractivity contribution in [2.24, 2.45) is 5.92 Å². The van der Waals surface area contributed by atoms with Gasteiger partial charge in [0.2, 0.25) is 0 Å². The highest BCUT2D eigenvalue weighted by atomic mass is 15.0. The quantitative estimate of drug-likeness (QED) is 0.764. The lowest BCUT2D eigenvalue weighted by Crippen LogP contribution is -2.16. The van der Waals surface area contributed by atoms with Gasteiger partial charge in [-0.15, -0.1) is 0 Å². The number of rotatable bonds is 7. The molecule has 0 bridgehead atoms. The monoisotopic (exact) mass is 236 g/mol. The Morgan fingerprint density at radius 3 is 2.53 bits per heavy atom. The van der Waals surface area contributed by atoms with Gasteiger partial charge in [0.05, 0.1) is 0 Å².